The van der Waals surface area contributed by atoms with E-state index in [1.807, 2.05) is 0 Å². The maximum Gasteiger partial charge on any atom is 0.226 e. The number of amides is 1. The topological polar surface area (TPSA) is 73.6 Å². The predicted octanol–water partition coefficient (Wildman–Crippen LogP) is 2.43. The molecule has 3 N–H and O–H groups in total. The third-order valence-electron chi connectivity index (χ3n) is 2.68. The van der Waals surface area contributed by atoms with Crippen LogP contribution in [0.4, 0.5) is 11.4 Å². The van der Waals surface area contributed by atoms with Crippen LogP contribution in [0.3, 0.4) is 0 Å². The number of hydrogen-bond donors (Lipinski definition) is 2. The number of nitrogens with two attached hydrogens (primary N) is 1. The third-order valence-corrected chi connectivity index (χ3v) is 2.68. The Morgan fingerprint density at radius 2 is 1.75 bits per heavy atom. The average molecular weight is 280 g/mol. The molecule has 0 unspecified atom stereocenters. The first-order chi connectivity index (χ1) is 9.72. The fourth-order valence-electron chi connectivity index (χ4n) is 1.52. The zero-order chi connectivity index (χ0) is 14.6. The van der Waals surface area contributed by atoms with Crippen LogP contribution in [0.15, 0.2) is 24.3 Å². The summed E-state index contributed by atoms with van der Waals surface area (Å²) in [5.74, 6) is -0.0679. The molecule has 0 saturated heterocycles. The quantitative estimate of drug-likeness (QED) is 0.510. The highest BCUT2D eigenvalue weighted by Crippen LogP contribution is 2.10. The van der Waals surface area contributed by atoms with Crippen LogP contribution < -0.4 is 11.1 Å². The molecule has 1 aromatic carbocycles. The number of benzene rings is 1. The molecule has 112 valence electrons. The van der Waals surface area contributed by atoms with E-state index in [9.17, 15) is 4.79 Å². The lowest BCUT2D eigenvalue weighted by atomic mass is 10.3. The minimum absolute atomic E-state index is 0.0679. The Labute approximate surface area is 120 Å². The zero-order valence-corrected chi connectivity index (χ0v) is 12.1. The fourth-order valence-corrected chi connectivity index (χ4v) is 1.52. The second-order valence-electron chi connectivity index (χ2n) is 4.50. The van der Waals surface area contributed by atoms with Crippen molar-refractivity contribution in [1.29, 1.82) is 0 Å². The molecule has 0 radical (unpaired) electrons. The molecule has 0 saturated carbocycles. The Kier molecular flexibility index (Phi) is 8.42. The lowest BCUT2D eigenvalue weighted by Crippen LogP contribution is -2.15. The van der Waals surface area contributed by atoms with E-state index < -0.39 is 0 Å². The van der Waals surface area contributed by atoms with E-state index in [4.69, 9.17) is 15.2 Å². The van der Waals surface area contributed by atoms with Crippen molar-refractivity contribution < 1.29 is 14.3 Å². The minimum Gasteiger partial charge on any atom is -0.399 e. The van der Waals surface area contributed by atoms with Crippen molar-refractivity contribution in [3.63, 3.8) is 0 Å². The van der Waals surface area contributed by atoms with Gasteiger partial charge in [-0.2, -0.15) is 0 Å². The summed E-state index contributed by atoms with van der Waals surface area (Å²) in [4.78, 5) is 11.6. The number of carbonyl (C=O) groups excluding carboxylic acids is 1. The second-order valence-corrected chi connectivity index (χ2v) is 4.50. The van der Waals surface area contributed by atoms with E-state index in [1.54, 1.807) is 24.3 Å². The van der Waals surface area contributed by atoms with Crippen LogP contribution in [0.2, 0.25) is 0 Å². The van der Waals surface area contributed by atoms with Crippen molar-refractivity contribution in [1.82, 2.24) is 0 Å². The Morgan fingerprint density at radius 3 is 2.40 bits per heavy atom. The van der Waals surface area contributed by atoms with Crippen LogP contribution >= 0.6 is 0 Å². The van der Waals surface area contributed by atoms with E-state index in [0.717, 1.165) is 25.1 Å². The van der Waals surface area contributed by atoms with Crippen LogP contribution in [0, 0.1) is 0 Å². The lowest BCUT2D eigenvalue weighted by Gasteiger charge is -2.07. The molecule has 20 heavy (non-hydrogen) atoms. The number of nitrogens with one attached hydrogen (secondary N) is 1. The first-order valence-corrected chi connectivity index (χ1v) is 7.03. The summed E-state index contributed by atoms with van der Waals surface area (Å²) < 4.78 is 10.7. The van der Waals surface area contributed by atoms with Gasteiger partial charge in [-0.15, -0.1) is 0 Å². The smallest absolute Gasteiger partial charge is 0.226 e. The number of rotatable bonds is 10. The number of ether oxygens (including phenoxy) is 2. The molecule has 5 nitrogen and oxygen atoms in total. The van der Waals surface area contributed by atoms with Crippen LogP contribution in [-0.4, -0.2) is 32.3 Å². The van der Waals surface area contributed by atoms with Crippen LogP contribution in [-0.2, 0) is 14.3 Å². The summed E-state index contributed by atoms with van der Waals surface area (Å²) in [6.07, 6.45) is 2.54. The minimum atomic E-state index is -0.0679. The maximum atomic E-state index is 11.6. The molecule has 1 rings (SSSR count). The van der Waals surface area contributed by atoms with Crippen molar-refractivity contribution >= 4 is 17.3 Å². The average Bonchev–Trinajstić information content (AvgIpc) is 2.44. The molecule has 0 aromatic heterocycles. The van der Waals surface area contributed by atoms with Gasteiger partial charge in [0.2, 0.25) is 5.91 Å². The number of nitrogen functional groups attached to an aromatic ring is 1. The normalized spacial score (nSPS) is 10.4. The molecule has 0 spiro atoms. The van der Waals surface area contributed by atoms with Gasteiger partial charge in [0, 0.05) is 18.0 Å². The van der Waals surface area contributed by atoms with Crippen LogP contribution in [0.25, 0.3) is 0 Å². The second kappa shape index (κ2) is 10.2. The molecule has 0 aliphatic rings. The monoisotopic (exact) mass is 280 g/mol. The summed E-state index contributed by atoms with van der Waals surface area (Å²) in [7, 11) is 0. The Bertz CT molecular complexity index is 379. The SMILES string of the molecule is CCCCOCCOCCC(=O)Nc1ccc(N)cc1. The van der Waals surface area contributed by atoms with E-state index in [0.29, 0.717) is 31.9 Å². The van der Waals surface area contributed by atoms with Gasteiger partial charge in [-0.25, -0.2) is 0 Å². The Hall–Kier alpha value is -1.59. The maximum absolute atomic E-state index is 11.6. The van der Waals surface area contributed by atoms with Gasteiger partial charge in [0.1, 0.15) is 0 Å². The van der Waals surface area contributed by atoms with Crippen molar-refractivity contribution in [2.75, 3.05) is 37.5 Å². The van der Waals surface area contributed by atoms with Gasteiger partial charge < -0.3 is 20.5 Å². The van der Waals surface area contributed by atoms with E-state index in [-0.39, 0.29) is 5.91 Å². The molecular weight excluding hydrogens is 256 g/mol. The largest absolute Gasteiger partial charge is 0.399 e. The molecule has 0 fully saturated rings. The molecule has 1 amide bonds. The molecule has 0 heterocycles. The fraction of sp³-hybridized carbons (Fsp3) is 0.533. The summed E-state index contributed by atoms with van der Waals surface area (Å²) >= 11 is 0. The highest BCUT2D eigenvalue weighted by atomic mass is 16.5. The van der Waals surface area contributed by atoms with Gasteiger partial charge in [0.25, 0.3) is 0 Å². The molecular formula is C15H24N2O3. The van der Waals surface area contributed by atoms with Crippen molar-refractivity contribution in [2.45, 2.75) is 26.2 Å². The van der Waals surface area contributed by atoms with Gasteiger partial charge in [-0.3, -0.25) is 4.79 Å². The predicted molar refractivity (Wildman–Crippen MR) is 80.6 cm³/mol. The highest BCUT2D eigenvalue weighted by Gasteiger charge is 2.02. The number of hydrogen-bond acceptors (Lipinski definition) is 4. The standard InChI is InChI=1S/C15H24N2O3/c1-2-3-9-19-11-12-20-10-8-15(18)17-14-6-4-13(16)5-7-14/h4-7H,2-3,8-12,16H2,1H3,(H,17,18). The lowest BCUT2D eigenvalue weighted by molar-refractivity contribution is -0.117. The van der Waals surface area contributed by atoms with Crippen molar-refractivity contribution in [2.24, 2.45) is 0 Å². The summed E-state index contributed by atoms with van der Waals surface area (Å²) in [5.41, 5.74) is 6.99. The third kappa shape index (κ3) is 7.76. The first kappa shape index (κ1) is 16.5. The van der Waals surface area contributed by atoms with E-state index in [1.165, 1.54) is 0 Å². The number of unbranched alkanes of at least 4 members (excludes halogenated alkanes) is 1. The van der Waals surface area contributed by atoms with Gasteiger partial charge >= 0.3 is 0 Å². The van der Waals surface area contributed by atoms with E-state index in [2.05, 4.69) is 12.2 Å². The van der Waals surface area contributed by atoms with E-state index >= 15 is 0 Å². The number of anilines is 2. The Morgan fingerprint density at radius 1 is 1.10 bits per heavy atom. The van der Waals surface area contributed by atoms with Gasteiger partial charge in [-0.1, -0.05) is 13.3 Å². The molecule has 0 atom stereocenters. The Balaban J connectivity index is 2.01. The highest BCUT2D eigenvalue weighted by molar-refractivity contribution is 5.90. The molecule has 0 aliphatic carbocycles. The van der Waals surface area contributed by atoms with Gasteiger partial charge in [0.15, 0.2) is 0 Å². The first-order valence-electron chi connectivity index (χ1n) is 7.03. The molecule has 0 aliphatic heterocycles. The van der Waals surface area contributed by atoms with Crippen molar-refractivity contribution in [3.8, 4) is 0 Å². The van der Waals surface area contributed by atoms with Crippen molar-refractivity contribution in [3.05, 3.63) is 24.3 Å². The summed E-state index contributed by atoms with van der Waals surface area (Å²) in [5, 5.41) is 2.78. The molecule has 1 aromatic rings. The van der Waals surface area contributed by atoms with Crippen LogP contribution in [0.5, 0.6) is 0 Å². The zero-order valence-electron chi connectivity index (χ0n) is 12.1. The van der Waals surface area contributed by atoms with Gasteiger partial charge in [0.05, 0.1) is 26.2 Å². The van der Waals surface area contributed by atoms with Crippen LogP contribution in [0.1, 0.15) is 26.2 Å². The molecule has 0 bridgehead atoms. The molecule has 5 heteroatoms. The summed E-state index contributed by atoms with van der Waals surface area (Å²) in [6, 6.07) is 7.05. The number of carbonyl (C=O) groups is 1. The summed E-state index contributed by atoms with van der Waals surface area (Å²) in [6.45, 7) is 4.41. The van der Waals surface area contributed by atoms with Gasteiger partial charge in [-0.05, 0) is 30.7 Å².